The monoisotopic (exact) mass is 307 g/mol. The van der Waals surface area contributed by atoms with Crippen molar-refractivity contribution >= 4 is 21.7 Å². The van der Waals surface area contributed by atoms with E-state index < -0.39 is 0 Å². The van der Waals surface area contributed by atoms with E-state index in [1.165, 1.54) is 0 Å². The highest BCUT2D eigenvalue weighted by Gasteiger charge is 2.02. The van der Waals surface area contributed by atoms with Gasteiger partial charge in [0, 0.05) is 25.0 Å². The third-order valence-corrected chi connectivity index (χ3v) is 3.05. The van der Waals surface area contributed by atoms with Crippen LogP contribution in [0.5, 0.6) is 5.88 Å². The molecule has 0 radical (unpaired) electrons. The van der Waals surface area contributed by atoms with Gasteiger partial charge in [0.05, 0.1) is 11.6 Å². The van der Waals surface area contributed by atoms with Crippen LogP contribution in [0.4, 0.5) is 5.82 Å². The Morgan fingerprint density at radius 3 is 2.89 bits per heavy atom. The summed E-state index contributed by atoms with van der Waals surface area (Å²) in [6.45, 7) is 2.68. The lowest BCUT2D eigenvalue weighted by molar-refractivity contribution is 0.397. The van der Waals surface area contributed by atoms with Crippen LogP contribution in [0.3, 0.4) is 0 Å². The van der Waals surface area contributed by atoms with Gasteiger partial charge < -0.3 is 10.1 Å². The highest BCUT2D eigenvalue weighted by Crippen LogP contribution is 2.21. The molecular formula is C13H14BrN3O. The Balaban J connectivity index is 2.06. The second kappa shape index (κ2) is 5.82. The smallest absolute Gasteiger partial charge is 0.213 e. The maximum atomic E-state index is 5.08. The zero-order valence-electron chi connectivity index (χ0n) is 10.3. The first-order valence-corrected chi connectivity index (χ1v) is 6.33. The summed E-state index contributed by atoms with van der Waals surface area (Å²) < 4.78 is 6.04. The van der Waals surface area contributed by atoms with Crippen LogP contribution in [-0.4, -0.2) is 17.1 Å². The molecule has 2 heterocycles. The van der Waals surface area contributed by atoms with Gasteiger partial charge in [-0.05, 0) is 46.1 Å². The zero-order chi connectivity index (χ0) is 13.0. The van der Waals surface area contributed by atoms with Gasteiger partial charge in [0.15, 0.2) is 0 Å². The van der Waals surface area contributed by atoms with Crippen molar-refractivity contribution in [3.8, 4) is 5.88 Å². The molecule has 1 N–H and O–H groups in total. The van der Waals surface area contributed by atoms with Crippen molar-refractivity contribution in [1.82, 2.24) is 9.97 Å². The van der Waals surface area contributed by atoms with Gasteiger partial charge in [-0.3, -0.25) is 0 Å². The predicted octanol–water partition coefficient (Wildman–Crippen LogP) is 3.17. The summed E-state index contributed by atoms with van der Waals surface area (Å²) in [5.41, 5.74) is 2.22. The summed E-state index contributed by atoms with van der Waals surface area (Å²) in [4.78, 5) is 8.40. The van der Waals surface area contributed by atoms with E-state index in [1.807, 2.05) is 31.3 Å². The first-order chi connectivity index (χ1) is 8.69. The van der Waals surface area contributed by atoms with E-state index in [9.17, 15) is 0 Å². The molecule has 2 aromatic heterocycles. The lowest BCUT2D eigenvalue weighted by atomic mass is 10.2. The van der Waals surface area contributed by atoms with Crippen molar-refractivity contribution < 1.29 is 4.74 Å². The van der Waals surface area contributed by atoms with Gasteiger partial charge >= 0.3 is 0 Å². The Bertz CT molecular complexity index is 546. The molecule has 0 bridgehead atoms. The van der Waals surface area contributed by atoms with Gasteiger partial charge in [-0.1, -0.05) is 0 Å². The number of ether oxygens (including phenoxy) is 1. The molecule has 0 aliphatic rings. The Labute approximate surface area is 115 Å². The van der Waals surface area contributed by atoms with Gasteiger partial charge in [0.1, 0.15) is 5.82 Å². The van der Waals surface area contributed by atoms with E-state index in [0.29, 0.717) is 12.4 Å². The molecule has 5 heteroatoms. The Morgan fingerprint density at radius 2 is 2.17 bits per heavy atom. The van der Waals surface area contributed by atoms with E-state index in [4.69, 9.17) is 4.74 Å². The van der Waals surface area contributed by atoms with Crippen LogP contribution in [0, 0.1) is 6.92 Å². The van der Waals surface area contributed by atoms with E-state index >= 15 is 0 Å². The normalized spacial score (nSPS) is 10.2. The summed E-state index contributed by atoms with van der Waals surface area (Å²) in [5, 5.41) is 3.27. The van der Waals surface area contributed by atoms with Crippen LogP contribution < -0.4 is 10.1 Å². The number of nitrogens with one attached hydrogen (secondary N) is 1. The lowest BCUT2D eigenvalue weighted by Crippen LogP contribution is -2.03. The summed E-state index contributed by atoms with van der Waals surface area (Å²) in [5.74, 6) is 1.45. The average Bonchev–Trinajstić information content (AvgIpc) is 2.38. The first-order valence-electron chi connectivity index (χ1n) is 5.54. The minimum Gasteiger partial charge on any atom is -0.481 e. The molecule has 18 heavy (non-hydrogen) atoms. The molecule has 2 rings (SSSR count). The molecule has 94 valence electrons. The summed E-state index contributed by atoms with van der Waals surface area (Å²) in [6.07, 6.45) is 3.56. The third kappa shape index (κ3) is 3.20. The van der Waals surface area contributed by atoms with Gasteiger partial charge in [0.25, 0.3) is 0 Å². The molecule has 2 aromatic rings. The SMILES string of the molecule is COc1cc(CNc2ncc(C)cc2Br)ccn1. The van der Waals surface area contributed by atoms with Crippen LogP contribution in [-0.2, 0) is 6.54 Å². The molecule has 0 aliphatic carbocycles. The van der Waals surface area contributed by atoms with Crippen LogP contribution in [0.25, 0.3) is 0 Å². The van der Waals surface area contributed by atoms with E-state index in [2.05, 4.69) is 31.2 Å². The first kappa shape index (κ1) is 12.8. The number of pyridine rings is 2. The maximum Gasteiger partial charge on any atom is 0.213 e. The van der Waals surface area contributed by atoms with Crippen molar-refractivity contribution in [3.05, 3.63) is 46.2 Å². The maximum absolute atomic E-state index is 5.08. The molecule has 0 atom stereocenters. The van der Waals surface area contributed by atoms with Crippen molar-refractivity contribution in [3.63, 3.8) is 0 Å². The second-order valence-corrected chi connectivity index (χ2v) is 4.76. The van der Waals surface area contributed by atoms with Crippen molar-refractivity contribution in [2.75, 3.05) is 12.4 Å². The molecular weight excluding hydrogens is 294 g/mol. The summed E-state index contributed by atoms with van der Waals surface area (Å²) in [6, 6.07) is 5.87. The lowest BCUT2D eigenvalue weighted by Gasteiger charge is -2.08. The quantitative estimate of drug-likeness (QED) is 0.942. The number of anilines is 1. The number of methoxy groups -OCH3 is 1. The van der Waals surface area contributed by atoms with E-state index in [0.717, 1.165) is 21.4 Å². The number of aryl methyl sites for hydroxylation is 1. The van der Waals surface area contributed by atoms with Crippen molar-refractivity contribution in [2.45, 2.75) is 13.5 Å². The molecule has 0 amide bonds. The van der Waals surface area contributed by atoms with Crippen LogP contribution >= 0.6 is 15.9 Å². The van der Waals surface area contributed by atoms with Crippen LogP contribution in [0.15, 0.2) is 35.1 Å². The van der Waals surface area contributed by atoms with Crippen LogP contribution in [0.2, 0.25) is 0 Å². The number of nitrogens with zero attached hydrogens (tertiary/aromatic N) is 2. The standard InChI is InChI=1S/C13H14BrN3O/c1-9-5-11(14)13(16-7-9)17-8-10-3-4-15-12(6-10)18-2/h3-7H,8H2,1-2H3,(H,16,17). The fraction of sp³-hybridized carbons (Fsp3) is 0.231. The van der Waals surface area contributed by atoms with E-state index in [-0.39, 0.29) is 0 Å². The third-order valence-electron chi connectivity index (χ3n) is 2.45. The fourth-order valence-corrected chi connectivity index (χ4v) is 2.13. The van der Waals surface area contributed by atoms with Crippen LogP contribution in [0.1, 0.15) is 11.1 Å². The molecule has 0 saturated carbocycles. The largest absolute Gasteiger partial charge is 0.481 e. The average molecular weight is 308 g/mol. The molecule has 0 aliphatic heterocycles. The highest BCUT2D eigenvalue weighted by atomic mass is 79.9. The number of hydrogen-bond acceptors (Lipinski definition) is 4. The molecule has 0 unspecified atom stereocenters. The van der Waals surface area contributed by atoms with Crippen molar-refractivity contribution in [1.29, 1.82) is 0 Å². The number of hydrogen-bond donors (Lipinski definition) is 1. The van der Waals surface area contributed by atoms with Gasteiger partial charge in [0.2, 0.25) is 5.88 Å². The summed E-state index contributed by atoms with van der Waals surface area (Å²) in [7, 11) is 1.61. The molecule has 0 fully saturated rings. The highest BCUT2D eigenvalue weighted by molar-refractivity contribution is 9.10. The molecule has 4 nitrogen and oxygen atoms in total. The topological polar surface area (TPSA) is 47.0 Å². The Hall–Kier alpha value is -1.62. The fourth-order valence-electron chi connectivity index (χ4n) is 1.52. The second-order valence-electron chi connectivity index (χ2n) is 3.90. The zero-order valence-corrected chi connectivity index (χ0v) is 11.9. The van der Waals surface area contributed by atoms with E-state index in [1.54, 1.807) is 13.3 Å². The molecule has 0 aromatic carbocycles. The van der Waals surface area contributed by atoms with Crippen molar-refractivity contribution in [2.24, 2.45) is 0 Å². The summed E-state index contributed by atoms with van der Waals surface area (Å²) >= 11 is 3.49. The van der Waals surface area contributed by atoms with Gasteiger partial charge in [-0.15, -0.1) is 0 Å². The number of halogens is 1. The Morgan fingerprint density at radius 1 is 1.33 bits per heavy atom. The molecule has 0 saturated heterocycles. The number of rotatable bonds is 4. The molecule has 0 spiro atoms. The minimum absolute atomic E-state index is 0.616. The Kier molecular flexibility index (Phi) is 4.15. The van der Waals surface area contributed by atoms with Gasteiger partial charge in [-0.2, -0.15) is 0 Å². The predicted molar refractivity (Wildman–Crippen MR) is 74.8 cm³/mol. The minimum atomic E-state index is 0.616. The number of aromatic nitrogens is 2. The van der Waals surface area contributed by atoms with Gasteiger partial charge in [-0.25, -0.2) is 9.97 Å².